The second-order valence-corrected chi connectivity index (χ2v) is 4.91. The molecule has 22 heavy (non-hydrogen) atoms. The third kappa shape index (κ3) is 1.64. The lowest BCUT2D eigenvalue weighted by Crippen LogP contribution is -2.16. The highest BCUT2D eigenvalue weighted by Gasteiger charge is 2.12. The van der Waals surface area contributed by atoms with Crippen molar-refractivity contribution in [3.05, 3.63) is 53.1 Å². The number of para-hydroxylation sites is 1. The smallest absolute Gasteiger partial charge is 0.267 e. The number of methoxy groups -OCH3 is 1. The Kier molecular flexibility index (Phi) is 2.53. The molecule has 0 atom stereocenters. The average Bonchev–Trinajstić information content (AvgIpc) is 2.54. The van der Waals surface area contributed by atoms with E-state index < -0.39 is 0 Å². The van der Waals surface area contributed by atoms with Crippen molar-refractivity contribution in [1.82, 2.24) is 14.4 Å². The van der Waals surface area contributed by atoms with Crippen molar-refractivity contribution >= 4 is 27.5 Å². The zero-order valence-electron chi connectivity index (χ0n) is 11.6. The lowest BCUT2D eigenvalue weighted by molar-refractivity contribution is 0.374. The summed E-state index contributed by atoms with van der Waals surface area (Å²) in [5, 5.41) is 11.0. The van der Waals surface area contributed by atoms with Gasteiger partial charge < -0.3 is 9.84 Å². The third-order valence-electron chi connectivity index (χ3n) is 3.66. The van der Waals surface area contributed by atoms with Crippen LogP contribution >= 0.6 is 0 Å². The van der Waals surface area contributed by atoms with E-state index in [1.807, 2.05) is 24.3 Å². The molecule has 0 aliphatic heterocycles. The van der Waals surface area contributed by atoms with Gasteiger partial charge in [0, 0.05) is 11.5 Å². The molecule has 6 nitrogen and oxygen atoms in total. The first-order valence-corrected chi connectivity index (χ1v) is 6.66. The molecule has 2 heterocycles. The summed E-state index contributed by atoms with van der Waals surface area (Å²) < 4.78 is 6.45. The molecule has 0 aliphatic rings. The minimum absolute atomic E-state index is 0.0513. The van der Waals surface area contributed by atoms with Crippen molar-refractivity contribution in [3.63, 3.8) is 0 Å². The summed E-state index contributed by atoms with van der Waals surface area (Å²) in [5.74, 6) is 0.185. The fourth-order valence-corrected chi connectivity index (χ4v) is 2.57. The zero-order valence-corrected chi connectivity index (χ0v) is 11.6. The van der Waals surface area contributed by atoms with Crippen molar-refractivity contribution in [2.75, 3.05) is 7.11 Å². The van der Waals surface area contributed by atoms with Crippen LogP contribution in [0.1, 0.15) is 0 Å². The molecule has 0 amide bonds. The number of phenols is 1. The van der Waals surface area contributed by atoms with E-state index in [1.54, 1.807) is 0 Å². The number of phenolic OH excluding ortho intramolecular Hbond substituents is 1. The second-order valence-electron chi connectivity index (χ2n) is 4.91. The van der Waals surface area contributed by atoms with Gasteiger partial charge in [0.2, 0.25) is 0 Å². The van der Waals surface area contributed by atoms with Crippen LogP contribution in [-0.2, 0) is 0 Å². The molecule has 0 bridgehead atoms. The highest BCUT2D eigenvalue weighted by molar-refractivity contribution is 5.94. The summed E-state index contributed by atoms with van der Waals surface area (Å²) in [6.07, 6.45) is 1.46. The van der Waals surface area contributed by atoms with Gasteiger partial charge in [-0.05, 0) is 18.2 Å². The number of hydrogen-bond donors (Lipinski definition) is 1. The number of aromatic hydroxyl groups is 1. The number of rotatable bonds is 1. The van der Waals surface area contributed by atoms with Crippen LogP contribution in [0.4, 0.5) is 0 Å². The van der Waals surface area contributed by atoms with E-state index in [1.165, 1.54) is 30.0 Å². The summed E-state index contributed by atoms with van der Waals surface area (Å²) in [6, 6.07) is 10.4. The summed E-state index contributed by atoms with van der Waals surface area (Å²) in [7, 11) is 1.43. The van der Waals surface area contributed by atoms with E-state index in [2.05, 4.69) is 9.97 Å². The van der Waals surface area contributed by atoms with Gasteiger partial charge in [-0.3, -0.25) is 4.79 Å². The first-order valence-electron chi connectivity index (χ1n) is 6.66. The molecule has 0 fully saturated rings. The lowest BCUT2D eigenvalue weighted by Gasteiger charge is -2.08. The highest BCUT2D eigenvalue weighted by Crippen LogP contribution is 2.29. The van der Waals surface area contributed by atoms with Crippen molar-refractivity contribution in [2.45, 2.75) is 0 Å². The van der Waals surface area contributed by atoms with Crippen molar-refractivity contribution in [1.29, 1.82) is 0 Å². The molecule has 4 rings (SSSR count). The fourth-order valence-electron chi connectivity index (χ4n) is 2.57. The summed E-state index contributed by atoms with van der Waals surface area (Å²) in [5.41, 5.74) is 1.43. The van der Waals surface area contributed by atoms with Crippen molar-refractivity contribution in [3.8, 4) is 11.5 Å². The predicted molar refractivity (Wildman–Crippen MR) is 82.5 cm³/mol. The van der Waals surface area contributed by atoms with Crippen LogP contribution in [0.5, 0.6) is 11.5 Å². The van der Waals surface area contributed by atoms with Crippen LogP contribution in [0.3, 0.4) is 0 Å². The number of aromatic nitrogens is 3. The molecule has 0 unspecified atom stereocenters. The Bertz CT molecular complexity index is 1100. The Morgan fingerprint density at radius 3 is 2.77 bits per heavy atom. The fraction of sp³-hybridized carbons (Fsp3) is 0.0625. The maximum absolute atomic E-state index is 12.7. The molecule has 108 valence electrons. The molecule has 2 aromatic carbocycles. The summed E-state index contributed by atoms with van der Waals surface area (Å²) in [4.78, 5) is 21.4. The average molecular weight is 293 g/mol. The summed E-state index contributed by atoms with van der Waals surface area (Å²) >= 11 is 0. The molecular formula is C16H11N3O3. The van der Waals surface area contributed by atoms with Gasteiger partial charge in [-0.15, -0.1) is 0 Å². The van der Waals surface area contributed by atoms with E-state index in [9.17, 15) is 9.90 Å². The molecule has 1 N–H and O–H groups in total. The van der Waals surface area contributed by atoms with Gasteiger partial charge in [-0.2, -0.15) is 0 Å². The van der Waals surface area contributed by atoms with Gasteiger partial charge in [0.15, 0.2) is 17.1 Å². The highest BCUT2D eigenvalue weighted by atomic mass is 16.5. The largest absolute Gasteiger partial charge is 0.504 e. The minimum Gasteiger partial charge on any atom is -0.504 e. The zero-order chi connectivity index (χ0) is 15.3. The second kappa shape index (κ2) is 4.42. The Morgan fingerprint density at radius 1 is 1.14 bits per heavy atom. The molecule has 0 saturated heterocycles. The monoisotopic (exact) mass is 293 g/mol. The van der Waals surface area contributed by atoms with Crippen LogP contribution < -0.4 is 10.3 Å². The van der Waals surface area contributed by atoms with Gasteiger partial charge in [0.25, 0.3) is 5.56 Å². The first-order chi connectivity index (χ1) is 10.7. The van der Waals surface area contributed by atoms with Crippen molar-refractivity contribution < 1.29 is 9.84 Å². The molecule has 4 aromatic rings. The SMILES string of the molecule is COc1cc2c(=O)n3cnc4ccccc4c3nc2cc1O. The minimum atomic E-state index is -0.253. The Labute approximate surface area is 124 Å². The molecule has 0 spiro atoms. The number of fused-ring (bicyclic) bond motifs is 4. The number of nitrogens with zero attached hydrogens (tertiary/aromatic N) is 3. The Morgan fingerprint density at radius 2 is 1.95 bits per heavy atom. The quantitative estimate of drug-likeness (QED) is 0.429. The molecule has 0 aliphatic carbocycles. The van der Waals surface area contributed by atoms with Crippen LogP contribution in [0.25, 0.3) is 27.5 Å². The van der Waals surface area contributed by atoms with Crippen LogP contribution in [-0.4, -0.2) is 26.6 Å². The molecule has 0 saturated carbocycles. The normalized spacial score (nSPS) is 11.3. The number of benzene rings is 2. The van der Waals surface area contributed by atoms with E-state index >= 15 is 0 Å². The van der Waals surface area contributed by atoms with Gasteiger partial charge in [0.1, 0.15) is 6.33 Å². The Hall–Kier alpha value is -3.15. The Balaban J connectivity index is 2.25. The van der Waals surface area contributed by atoms with E-state index in [4.69, 9.17) is 4.74 Å². The van der Waals surface area contributed by atoms with Crippen LogP contribution in [0.15, 0.2) is 47.5 Å². The van der Waals surface area contributed by atoms with Gasteiger partial charge >= 0.3 is 0 Å². The first kappa shape index (κ1) is 12.6. The maximum atomic E-state index is 12.7. The van der Waals surface area contributed by atoms with E-state index in [0.717, 1.165) is 10.9 Å². The standard InChI is InChI=1S/C16H11N3O3/c1-22-14-6-10-12(7-13(14)20)18-15-9-4-2-3-5-11(9)17-8-19(15)16(10)21/h2-8,20H,1H3. The summed E-state index contributed by atoms with van der Waals surface area (Å²) in [6.45, 7) is 0. The molecular weight excluding hydrogens is 282 g/mol. The number of ether oxygens (including phenoxy) is 1. The van der Waals surface area contributed by atoms with Crippen LogP contribution in [0.2, 0.25) is 0 Å². The van der Waals surface area contributed by atoms with E-state index in [0.29, 0.717) is 16.6 Å². The molecule has 6 heteroatoms. The lowest BCUT2D eigenvalue weighted by atomic mass is 10.2. The molecule has 0 radical (unpaired) electrons. The van der Waals surface area contributed by atoms with E-state index in [-0.39, 0.29) is 17.1 Å². The third-order valence-corrected chi connectivity index (χ3v) is 3.66. The van der Waals surface area contributed by atoms with Crippen LogP contribution in [0, 0.1) is 0 Å². The molecule has 2 aromatic heterocycles. The van der Waals surface area contributed by atoms with Gasteiger partial charge in [0.05, 0.1) is 23.5 Å². The maximum Gasteiger partial charge on any atom is 0.267 e. The number of hydrogen-bond acceptors (Lipinski definition) is 5. The topological polar surface area (TPSA) is 76.7 Å². The van der Waals surface area contributed by atoms with Gasteiger partial charge in [-0.25, -0.2) is 14.4 Å². The predicted octanol–water partition coefficient (Wildman–Crippen LogP) is 2.11. The van der Waals surface area contributed by atoms with Crippen molar-refractivity contribution in [2.24, 2.45) is 0 Å². The van der Waals surface area contributed by atoms with Gasteiger partial charge in [-0.1, -0.05) is 12.1 Å².